The zero-order valence-corrected chi connectivity index (χ0v) is 11.0. The Balaban J connectivity index is 0.000000171. The molecule has 0 spiro atoms. The Hall–Kier alpha value is -1.02. The first-order valence-electron chi connectivity index (χ1n) is 7.04. The molecule has 0 aromatic carbocycles. The average molecular weight is 232 g/mol. The molecule has 0 N–H and O–H groups in total. The van der Waals surface area contributed by atoms with E-state index < -0.39 is 0 Å². The Bertz CT molecular complexity index is 272. The topological polar surface area (TPSA) is 47.6 Å². The zero-order chi connectivity index (χ0) is 12.5. The second kappa shape index (κ2) is 8.13. The van der Waals surface area contributed by atoms with Gasteiger partial charge in [-0.25, -0.2) is 0 Å². The Morgan fingerprint density at radius 2 is 1.53 bits per heavy atom. The molecule has 2 rings (SSSR count). The highest BCUT2D eigenvalue weighted by Gasteiger charge is 2.20. The van der Waals surface area contributed by atoms with Gasteiger partial charge in [0, 0.05) is 12.3 Å². The summed E-state index contributed by atoms with van der Waals surface area (Å²) in [6, 6.07) is 4.52. The average Bonchev–Trinajstić information content (AvgIpc) is 3.01. The molecule has 2 nitrogen and oxygen atoms in total. The van der Waals surface area contributed by atoms with Crippen LogP contribution in [0.25, 0.3) is 0 Å². The predicted octanol–water partition coefficient (Wildman–Crippen LogP) is 4.43. The highest BCUT2D eigenvalue weighted by molar-refractivity contribution is 4.86. The molecule has 2 heteroatoms. The fraction of sp³-hybridized carbons (Fsp3) is 0.867. The van der Waals surface area contributed by atoms with E-state index in [1.165, 1.54) is 51.4 Å². The van der Waals surface area contributed by atoms with E-state index in [1.54, 1.807) is 0 Å². The van der Waals surface area contributed by atoms with Gasteiger partial charge in [-0.3, -0.25) is 0 Å². The Morgan fingerprint density at radius 3 is 2.00 bits per heavy atom. The van der Waals surface area contributed by atoms with Crippen molar-refractivity contribution in [2.24, 2.45) is 17.8 Å². The first kappa shape index (κ1) is 14.0. The van der Waals surface area contributed by atoms with Crippen molar-refractivity contribution < 1.29 is 0 Å². The first-order chi connectivity index (χ1) is 8.27. The normalized spacial score (nSPS) is 22.3. The van der Waals surface area contributed by atoms with Crippen LogP contribution in [0, 0.1) is 40.4 Å². The molecule has 0 aliphatic heterocycles. The van der Waals surface area contributed by atoms with E-state index in [0.717, 1.165) is 18.3 Å². The molecule has 1 atom stereocenters. The molecule has 2 saturated carbocycles. The summed E-state index contributed by atoms with van der Waals surface area (Å²) in [6.07, 6.45) is 11.4. The second-order valence-corrected chi connectivity index (χ2v) is 5.48. The standard InChI is InChI=1S/C8H13N.C7H11N/c1-7(6-9)8-4-2-3-5-8;8-6-5-7-3-1-2-4-7/h7-8H,2-5H2,1H3;7H,1-5H2. The smallest absolute Gasteiger partial charge is 0.0655 e. The van der Waals surface area contributed by atoms with Gasteiger partial charge in [0.1, 0.15) is 0 Å². The van der Waals surface area contributed by atoms with Crippen molar-refractivity contribution in [2.75, 3.05) is 0 Å². The number of nitriles is 2. The van der Waals surface area contributed by atoms with Crippen LogP contribution >= 0.6 is 0 Å². The van der Waals surface area contributed by atoms with Crippen LogP contribution in [-0.4, -0.2) is 0 Å². The summed E-state index contributed by atoms with van der Waals surface area (Å²) in [5.74, 6) is 1.77. The highest BCUT2D eigenvalue weighted by atomic mass is 14.3. The lowest BCUT2D eigenvalue weighted by Crippen LogP contribution is -2.03. The molecule has 2 aliphatic carbocycles. The van der Waals surface area contributed by atoms with Crippen LogP contribution in [0.15, 0.2) is 0 Å². The molecule has 1 unspecified atom stereocenters. The summed E-state index contributed by atoms with van der Waals surface area (Å²) < 4.78 is 0. The molecule has 0 aromatic rings. The van der Waals surface area contributed by atoms with Crippen LogP contribution in [0.2, 0.25) is 0 Å². The Kier molecular flexibility index (Phi) is 6.71. The minimum absolute atomic E-state index is 0.299. The molecular formula is C15H24N2. The predicted molar refractivity (Wildman–Crippen MR) is 68.9 cm³/mol. The van der Waals surface area contributed by atoms with E-state index in [-0.39, 0.29) is 0 Å². The van der Waals surface area contributed by atoms with Gasteiger partial charge in [-0.1, -0.05) is 25.7 Å². The van der Waals surface area contributed by atoms with E-state index in [1.807, 2.05) is 6.92 Å². The third kappa shape index (κ3) is 5.22. The van der Waals surface area contributed by atoms with Gasteiger partial charge in [0.15, 0.2) is 0 Å². The quantitative estimate of drug-likeness (QED) is 0.707. The molecule has 0 bridgehead atoms. The molecular weight excluding hydrogens is 208 g/mol. The van der Waals surface area contributed by atoms with E-state index in [0.29, 0.717) is 5.92 Å². The number of nitrogens with zero attached hydrogens (tertiary/aromatic N) is 2. The fourth-order valence-electron chi connectivity index (χ4n) is 2.91. The molecule has 0 amide bonds. The van der Waals surface area contributed by atoms with Gasteiger partial charge in [0.25, 0.3) is 0 Å². The van der Waals surface area contributed by atoms with Gasteiger partial charge >= 0.3 is 0 Å². The van der Waals surface area contributed by atoms with Crippen molar-refractivity contribution in [1.29, 1.82) is 10.5 Å². The van der Waals surface area contributed by atoms with Crippen molar-refractivity contribution in [1.82, 2.24) is 0 Å². The lowest BCUT2D eigenvalue weighted by molar-refractivity contribution is 0.443. The third-order valence-electron chi connectivity index (χ3n) is 4.17. The Labute approximate surface area is 106 Å². The van der Waals surface area contributed by atoms with Crippen molar-refractivity contribution >= 4 is 0 Å². The summed E-state index contributed by atoms with van der Waals surface area (Å²) in [6.45, 7) is 2.04. The molecule has 2 aliphatic rings. The van der Waals surface area contributed by atoms with Crippen molar-refractivity contribution in [3.63, 3.8) is 0 Å². The minimum Gasteiger partial charge on any atom is -0.198 e. The summed E-state index contributed by atoms with van der Waals surface area (Å²) in [5, 5.41) is 16.8. The van der Waals surface area contributed by atoms with Crippen LogP contribution in [0.4, 0.5) is 0 Å². The molecule has 0 saturated heterocycles. The lowest BCUT2D eigenvalue weighted by atomic mass is 9.94. The number of rotatable bonds is 2. The van der Waals surface area contributed by atoms with Crippen LogP contribution in [0.1, 0.15) is 64.7 Å². The van der Waals surface area contributed by atoms with Gasteiger partial charge in [-0.05, 0) is 44.4 Å². The minimum atomic E-state index is 0.299. The maximum absolute atomic E-state index is 8.55. The fourth-order valence-corrected chi connectivity index (χ4v) is 2.91. The van der Waals surface area contributed by atoms with Crippen LogP contribution < -0.4 is 0 Å². The monoisotopic (exact) mass is 232 g/mol. The second-order valence-electron chi connectivity index (χ2n) is 5.48. The zero-order valence-electron chi connectivity index (χ0n) is 11.0. The first-order valence-corrected chi connectivity index (χ1v) is 7.04. The maximum atomic E-state index is 8.55. The van der Waals surface area contributed by atoms with Crippen LogP contribution in [0.3, 0.4) is 0 Å². The van der Waals surface area contributed by atoms with E-state index in [9.17, 15) is 0 Å². The molecule has 17 heavy (non-hydrogen) atoms. The lowest BCUT2D eigenvalue weighted by Gasteiger charge is -2.08. The number of hydrogen-bond donors (Lipinski definition) is 0. The molecule has 2 fully saturated rings. The van der Waals surface area contributed by atoms with Crippen LogP contribution in [-0.2, 0) is 0 Å². The van der Waals surface area contributed by atoms with E-state index in [4.69, 9.17) is 10.5 Å². The SMILES string of the molecule is CC(C#N)C1CCCC1.N#CCC1CCCC1. The van der Waals surface area contributed by atoms with Crippen LogP contribution in [0.5, 0.6) is 0 Å². The molecule has 0 radical (unpaired) electrons. The molecule has 94 valence electrons. The van der Waals surface area contributed by atoms with Gasteiger partial charge in [-0.15, -0.1) is 0 Å². The van der Waals surface area contributed by atoms with Gasteiger partial charge in [-0.2, -0.15) is 10.5 Å². The number of hydrogen-bond acceptors (Lipinski definition) is 2. The van der Waals surface area contributed by atoms with E-state index in [2.05, 4.69) is 12.1 Å². The van der Waals surface area contributed by atoms with Crippen molar-refractivity contribution in [3.8, 4) is 12.1 Å². The summed E-state index contributed by atoms with van der Waals surface area (Å²) >= 11 is 0. The Morgan fingerprint density at radius 1 is 1.00 bits per heavy atom. The van der Waals surface area contributed by atoms with Crippen molar-refractivity contribution in [3.05, 3.63) is 0 Å². The van der Waals surface area contributed by atoms with Gasteiger partial charge in [0.2, 0.25) is 0 Å². The van der Waals surface area contributed by atoms with Gasteiger partial charge in [0.05, 0.1) is 12.1 Å². The summed E-state index contributed by atoms with van der Waals surface area (Å²) in [4.78, 5) is 0. The highest BCUT2D eigenvalue weighted by Crippen LogP contribution is 2.30. The third-order valence-corrected chi connectivity index (χ3v) is 4.17. The van der Waals surface area contributed by atoms with Crippen molar-refractivity contribution in [2.45, 2.75) is 64.7 Å². The van der Waals surface area contributed by atoms with Gasteiger partial charge < -0.3 is 0 Å². The van der Waals surface area contributed by atoms with E-state index >= 15 is 0 Å². The molecule has 0 aromatic heterocycles. The molecule has 0 heterocycles. The summed E-state index contributed by atoms with van der Waals surface area (Å²) in [5.41, 5.74) is 0. The summed E-state index contributed by atoms with van der Waals surface area (Å²) in [7, 11) is 0. The largest absolute Gasteiger partial charge is 0.198 e. The maximum Gasteiger partial charge on any atom is 0.0655 e.